The van der Waals surface area contributed by atoms with Gasteiger partial charge in [0.15, 0.2) is 6.29 Å². The lowest BCUT2D eigenvalue weighted by Crippen LogP contribution is -1.97. The third-order valence-electron chi connectivity index (χ3n) is 2.17. The van der Waals surface area contributed by atoms with Gasteiger partial charge in [0.1, 0.15) is 0 Å². The van der Waals surface area contributed by atoms with E-state index in [9.17, 15) is 4.79 Å². The van der Waals surface area contributed by atoms with Crippen LogP contribution in [-0.2, 0) is 6.54 Å². The number of carbonyl (C=O) groups is 1. The van der Waals surface area contributed by atoms with Gasteiger partial charge in [-0.05, 0) is 11.6 Å². The molecule has 3 N–H and O–H groups in total. The summed E-state index contributed by atoms with van der Waals surface area (Å²) in [4.78, 5) is 13.7. The van der Waals surface area contributed by atoms with E-state index in [2.05, 4.69) is 4.98 Å². The fourth-order valence-electron chi connectivity index (χ4n) is 1.55. The highest BCUT2D eigenvalue weighted by molar-refractivity contribution is 5.99. The van der Waals surface area contributed by atoms with Gasteiger partial charge in [0.2, 0.25) is 0 Å². The summed E-state index contributed by atoms with van der Waals surface area (Å²) < 4.78 is 0. The molecule has 0 amide bonds. The van der Waals surface area contributed by atoms with Crippen molar-refractivity contribution in [2.75, 3.05) is 0 Å². The molecule has 0 spiro atoms. The van der Waals surface area contributed by atoms with Crippen LogP contribution in [0.15, 0.2) is 24.4 Å². The molecular weight excluding hydrogens is 164 g/mol. The van der Waals surface area contributed by atoms with E-state index in [0.29, 0.717) is 12.1 Å². The third kappa shape index (κ3) is 1.13. The van der Waals surface area contributed by atoms with Gasteiger partial charge in [0.05, 0.1) is 0 Å². The Balaban J connectivity index is 2.83. The van der Waals surface area contributed by atoms with Gasteiger partial charge in [0, 0.05) is 29.2 Å². The molecule has 3 heteroatoms. The van der Waals surface area contributed by atoms with Crippen molar-refractivity contribution in [3.05, 3.63) is 35.5 Å². The summed E-state index contributed by atoms with van der Waals surface area (Å²) in [6, 6.07) is 5.79. The Bertz CT molecular complexity index is 445. The highest BCUT2D eigenvalue weighted by atomic mass is 16.1. The van der Waals surface area contributed by atoms with Crippen molar-refractivity contribution in [1.29, 1.82) is 0 Å². The summed E-state index contributed by atoms with van der Waals surface area (Å²) in [5.41, 5.74) is 8.21. The van der Waals surface area contributed by atoms with Crippen LogP contribution in [-0.4, -0.2) is 11.3 Å². The van der Waals surface area contributed by atoms with Gasteiger partial charge >= 0.3 is 0 Å². The van der Waals surface area contributed by atoms with Crippen molar-refractivity contribution in [3.8, 4) is 0 Å². The minimum atomic E-state index is 0.454. The number of nitrogens with two attached hydrogens (primary N) is 1. The molecular formula is C10H10N2O. The summed E-state index contributed by atoms with van der Waals surface area (Å²) >= 11 is 0. The predicted octanol–water partition coefficient (Wildman–Crippen LogP) is 1.44. The summed E-state index contributed by atoms with van der Waals surface area (Å²) in [5, 5.41) is 0.944. The van der Waals surface area contributed by atoms with Crippen molar-refractivity contribution in [2.24, 2.45) is 5.73 Å². The average molecular weight is 174 g/mol. The molecule has 0 atom stereocenters. The Morgan fingerprint density at radius 3 is 3.00 bits per heavy atom. The van der Waals surface area contributed by atoms with E-state index in [-0.39, 0.29) is 0 Å². The molecule has 2 aromatic rings. The summed E-state index contributed by atoms with van der Waals surface area (Å²) in [7, 11) is 0. The van der Waals surface area contributed by atoms with Crippen molar-refractivity contribution in [1.82, 2.24) is 4.98 Å². The molecule has 2 rings (SSSR count). The second-order valence-electron chi connectivity index (χ2n) is 2.91. The fraction of sp³-hybridized carbons (Fsp3) is 0.100. The Labute approximate surface area is 75.6 Å². The largest absolute Gasteiger partial charge is 0.360 e. The van der Waals surface area contributed by atoms with Gasteiger partial charge in [-0.3, -0.25) is 4.79 Å². The molecule has 1 heterocycles. The average Bonchev–Trinajstić information content (AvgIpc) is 2.60. The van der Waals surface area contributed by atoms with Gasteiger partial charge in [-0.1, -0.05) is 12.1 Å². The lowest BCUT2D eigenvalue weighted by atomic mass is 10.1. The lowest BCUT2D eigenvalue weighted by molar-refractivity contribution is 0.112. The zero-order valence-electron chi connectivity index (χ0n) is 7.08. The Hall–Kier alpha value is -1.61. The van der Waals surface area contributed by atoms with Crippen LogP contribution in [0.25, 0.3) is 10.9 Å². The molecule has 0 radical (unpaired) electrons. The lowest BCUT2D eigenvalue weighted by Gasteiger charge is -1.99. The first-order chi connectivity index (χ1) is 6.36. The van der Waals surface area contributed by atoms with Crippen molar-refractivity contribution < 1.29 is 4.79 Å². The molecule has 0 saturated heterocycles. The normalized spacial score (nSPS) is 10.5. The highest BCUT2D eigenvalue weighted by Gasteiger charge is 2.05. The van der Waals surface area contributed by atoms with E-state index in [4.69, 9.17) is 5.73 Å². The number of hydrogen-bond acceptors (Lipinski definition) is 2. The molecule has 0 aliphatic rings. The van der Waals surface area contributed by atoms with Crippen molar-refractivity contribution in [3.63, 3.8) is 0 Å². The Kier molecular flexibility index (Phi) is 1.87. The van der Waals surface area contributed by atoms with Gasteiger partial charge in [-0.25, -0.2) is 0 Å². The molecule has 1 aromatic heterocycles. The fourth-order valence-corrected chi connectivity index (χ4v) is 1.55. The summed E-state index contributed by atoms with van der Waals surface area (Å²) in [5.74, 6) is 0. The van der Waals surface area contributed by atoms with Crippen molar-refractivity contribution >= 4 is 17.2 Å². The SMILES string of the molecule is NCc1cccc2[nH]cc(C=O)c12. The molecule has 0 bridgehead atoms. The van der Waals surface area contributed by atoms with Crippen LogP contribution in [0, 0.1) is 0 Å². The minimum Gasteiger partial charge on any atom is -0.360 e. The topological polar surface area (TPSA) is 58.9 Å². The second kappa shape index (κ2) is 3.03. The molecule has 0 unspecified atom stereocenters. The third-order valence-corrected chi connectivity index (χ3v) is 2.17. The zero-order chi connectivity index (χ0) is 9.26. The molecule has 0 saturated carbocycles. The van der Waals surface area contributed by atoms with E-state index in [1.54, 1.807) is 6.20 Å². The van der Waals surface area contributed by atoms with Crippen molar-refractivity contribution in [2.45, 2.75) is 6.54 Å². The molecule has 0 aliphatic carbocycles. The van der Waals surface area contributed by atoms with E-state index in [1.807, 2.05) is 18.2 Å². The number of rotatable bonds is 2. The first-order valence-electron chi connectivity index (χ1n) is 4.11. The zero-order valence-corrected chi connectivity index (χ0v) is 7.08. The number of aldehydes is 1. The number of nitrogens with one attached hydrogen (secondary N) is 1. The summed E-state index contributed by atoms with van der Waals surface area (Å²) in [6.45, 7) is 0.454. The van der Waals surface area contributed by atoms with Gasteiger partial charge in [0.25, 0.3) is 0 Å². The monoisotopic (exact) mass is 174 g/mol. The summed E-state index contributed by atoms with van der Waals surface area (Å²) in [6.07, 6.45) is 2.55. The molecule has 0 aliphatic heterocycles. The molecule has 13 heavy (non-hydrogen) atoms. The first kappa shape index (κ1) is 8.01. The van der Waals surface area contributed by atoms with Gasteiger partial charge < -0.3 is 10.7 Å². The number of benzene rings is 1. The minimum absolute atomic E-state index is 0.454. The van der Waals surface area contributed by atoms with E-state index >= 15 is 0 Å². The maximum atomic E-state index is 10.7. The Morgan fingerprint density at radius 2 is 2.31 bits per heavy atom. The van der Waals surface area contributed by atoms with Crippen LogP contribution in [0.5, 0.6) is 0 Å². The van der Waals surface area contributed by atoms with Crippen LogP contribution < -0.4 is 5.73 Å². The van der Waals surface area contributed by atoms with Crippen LogP contribution >= 0.6 is 0 Å². The standard InChI is InChI=1S/C10H10N2O/c11-4-7-2-1-3-9-10(7)8(6-13)5-12-9/h1-3,5-6,12H,4,11H2. The number of aromatic nitrogens is 1. The number of fused-ring (bicyclic) bond motifs is 1. The molecule has 66 valence electrons. The molecule has 3 nitrogen and oxygen atoms in total. The molecule has 0 fully saturated rings. The van der Waals surface area contributed by atoms with Crippen LogP contribution in [0.2, 0.25) is 0 Å². The van der Waals surface area contributed by atoms with Crippen LogP contribution in [0.4, 0.5) is 0 Å². The number of hydrogen-bond donors (Lipinski definition) is 2. The van der Waals surface area contributed by atoms with Crippen LogP contribution in [0.1, 0.15) is 15.9 Å². The number of aromatic amines is 1. The smallest absolute Gasteiger partial charge is 0.152 e. The highest BCUT2D eigenvalue weighted by Crippen LogP contribution is 2.20. The second-order valence-corrected chi connectivity index (χ2v) is 2.91. The maximum Gasteiger partial charge on any atom is 0.152 e. The quantitative estimate of drug-likeness (QED) is 0.677. The van der Waals surface area contributed by atoms with Gasteiger partial charge in [-0.2, -0.15) is 0 Å². The Morgan fingerprint density at radius 1 is 1.46 bits per heavy atom. The van der Waals surface area contributed by atoms with E-state index in [1.165, 1.54) is 0 Å². The predicted molar refractivity (Wildman–Crippen MR) is 51.6 cm³/mol. The number of carbonyl (C=O) groups excluding carboxylic acids is 1. The van der Waals surface area contributed by atoms with Crippen LogP contribution in [0.3, 0.4) is 0 Å². The number of H-pyrrole nitrogens is 1. The molecule has 1 aromatic carbocycles. The maximum absolute atomic E-state index is 10.7. The van der Waals surface area contributed by atoms with Gasteiger partial charge in [-0.15, -0.1) is 0 Å². The first-order valence-corrected chi connectivity index (χ1v) is 4.11. The van der Waals surface area contributed by atoms with E-state index < -0.39 is 0 Å². The van der Waals surface area contributed by atoms with E-state index in [0.717, 1.165) is 22.8 Å².